The highest BCUT2D eigenvalue weighted by atomic mass is 35.5. The van der Waals surface area contributed by atoms with E-state index < -0.39 is 11.9 Å². The predicted octanol–water partition coefficient (Wildman–Crippen LogP) is 4.90. The van der Waals surface area contributed by atoms with Crippen LogP contribution in [0.2, 0.25) is 5.02 Å². The van der Waals surface area contributed by atoms with Crippen LogP contribution in [0.15, 0.2) is 58.2 Å². The maximum Gasteiger partial charge on any atom is 0.434 e. The van der Waals surface area contributed by atoms with Crippen LogP contribution in [0.25, 0.3) is 11.4 Å². The molecule has 0 atom stereocenters. The first kappa shape index (κ1) is 26.7. The van der Waals surface area contributed by atoms with Crippen LogP contribution in [-0.4, -0.2) is 61.2 Å². The van der Waals surface area contributed by atoms with Crippen molar-refractivity contribution in [3.05, 3.63) is 70.2 Å². The predicted molar refractivity (Wildman–Crippen MR) is 141 cm³/mol. The second kappa shape index (κ2) is 9.99. The summed E-state index contributed by atoms with van der Waals surface area (Å²) in [4.78, 5) is 28.8. The van der Waals surface area contributed by atoms with Crippen LogP contribution in [0.5, 0.6) is 0 Å². The first-order valence-electron chi connectivity index (χ1n) is 12.2. The first-order chi connectivity index (χ1) is 18.5. The molecule has 0 spiro atoms. The van der Waals surface area contributed by atoms with Crippen LogP contribution in [0.4, 0.5) is 13.2 Å². The van der Waals surface area contributed by atoms with E-state index in [-0.39, 0.29) is 24.3 Å². The highest BCUT2D eigenvalue weighted by Crippen LogP contribution is 2.37. The Bertz CT molecular complexity index is 1500. The summed E-state index contributed by atoms with van der Waals surface area (Å²) in [6.07, 6.45) is -0.0147. The number of halogens is 4. The molecular formula is C26H26ClF3N8O. The highest BCUT2D eigenvalue weighted by molar-refractivity contribution is 6.34. The maximum atomic E-state index is 13.1. The van der Waals surface area contributed by atoms with Crippen molar-refractivity contribution in [1.29, 1.82) is 0 Å². The number of allylic oxidation sites excluding steroid dienone is 1. The van der Waals surface area contributed by atoms with Crippen LogP contribution < -0.4 is 0 Å². The van der Waals surface area contributed by atoms with E-state index in [2.05, 4.69) is 21.8 Å². The highest BCUT2D eigenvalue weighted by Gasteiger charge is 2.35. The Balaban J connectivity index is 1.45. The zero-order chi connectivity index (χ0) is 28.1. The van der Waals surface area contributed by atoms with E-state index in [0.717, 1.165) is 24.6 Å². The lowest BCUT2D eigenvalue weighted by atomic mass is 10.1. The van der Waals surface area contributed by atoms with Crippen molar-refractivity contribution in [3.63, 3.8) is 0 Å². The minimum atomic E-state index is -4.52. The van der Waals surface area contributed by atoms with Crippen molar-refractivity contribution < 1.29 is 18.0 Å². The van der Waals surface area contributed by atoms with Gasteiger partial charge in [0.15, 0.2) is 17.4 Å². The molecule has 2 aromatic heterocycles. The lowest BCUT2D eigenvalue weighted by molar-refractivity contribution is -0.141. The monoisotopic (exact) mass is 558 g/mol. The minimum absolute atomic E-state index is 0.0722. The SMILES string of the molecule is C=N/C(=N\C1=C(C)N(C)C(=O)CN1Cc1ccc(-c2nc(C(F)(F)F)cn2C)cc1)c1c(Cl)cnn1C1CC1. The second-order valence-electron chi connectivity index (χ2n) is 9.58. The molecule has 3 aromatic rings. The van der Waals surface area contributed by atoms with Crippen LogP contribution in [0.1, 0.15) is 42.8 Å². The van der Waals surface area contributed by atoms with Gasteiger partial charge in [0.1, 0.15) is 11.5 Å². The molecule has 13 heteroatoms. The van der Waals surface area contributed by atoms with Crippen LogP contribution >= 0.6 is 11.6 Å². The molecule has 3 heterocycles. The average Bonchev–Trinajstić information content (AvgIpc) is 3.55. The number of benzene rings is 1. The van der Waals surface area contributed by atoms with Crippen molar-refractivity contribution in [3.8, 4) is 11.4 Å². The van der Waals surface area contributed by atoms with E-state index in [1.165, 1.54) is 16.5 Å². The van der Waals surface area contributed by atoms with Gasteiger partial charge in [0.2, 0.25) is 5.91 Å². The lowest BCUT2D eigenvalue weighted by Crippen LogP contribution is -2.43. The molecule has 0 radical (unpaired) electrons. The molecule has 1 aliphatic carbocycles. The second-order valence-corrected chi connectivity index (χ2v) is 9.99. The molecule has 204 valence electrons. The van der Waals surface area contributed by atoms with Crippen molar-refractivity contribution in [1.82, 2.24) is 29.1 Å². The molecule has 1 fully saturated rings. The number of amides is 1. The van der Waals surface area contributed by atoms with Gasteiger partial charge < -0.3 is 14.4 Å². The van der Waals surface area contributed by atoms with Gasteiger partial charge in [-0.05, 0) is 32.0 Å². The van der Waals surface area contributed by atoms with E-state index >= 15 is 0 Å². The number of carbonyl (C=O) groups is 1. The molecule has 1 aliphatic heterocycles. The summed E-state index contributed by atoms with van der Waals surface area (Å²) in [5.74, 6) is 0.930. The summed E-state index contributed by atoms with van der Waals surface area (Å²) in [6, 6.07) is 7.25. The van der Waals surface area contributed by atoms with Crippen molar-refractivity contribution in [2.24, 2.45) is 17.0 Å². The van der Waals surface area contributed by atoms with Gasteiger partial charge in [0, 0.05) is 32.4 Å². The number of hydrogen-bond donors (Lipinski definition) is 0. The molecule has 39 heavy (non-hydrogen) atoms. The van der Waals surface area contributed by atoms with Crippen molar-refractivity contribution in [2.45, 2.75) is 38.5 Å². The molecule has 5 rings (SSSR count). The molecular weight excluding hydrogens is 533 g/mol. The molecule has 0 saturated heterocycles. The quantitative estimate of drug-likeness (QED) is 0.318. The fraction of sp³-hybridized carbons (Fsp3) is 0.346. The van der Waals surface area contributed by atoms with E-state index in [1.807, 2.05) is 9.58 Å². The average molecular weight is 559 g/mol. The van der Waals surface area contributed by atoms with E-state index in [9.17, 15) is 18.0 Å². The zero-order valence-electron chi connectivity index (χ0n) is 21.6. The standard InChI is InChI=1S/C26H26ClF3N8O/c1-15-24(34-23(31-2)22-19(27)11-32-38(22)18-9-10-18)37(14-21(39)36(15)4)12-16-5-7-17(8-6-16)25-33-20(13-35(25)3)26(28,29)30/h5-8,11,13,18H,2,9-10,12,14H2,1,3-4H3/b34-23-. The lowest BCUT2D eigenvalue weighted by Gasteiger charge is -2.35. The number of aliphatic imine (C=N–C) groups is 2. The molecule has 9 nitrogen and oxygen atoms in total. The number of aromatic nitrogens is 4. The molecule has 0 N–H and O–H groups in total. The number of aryl methyl sites for hydroxylation is 1. The summed E-state index contributed by atoms with van der Waals surface area (Å²) in [5, 5.41) is 4.79. The topological polar surface area (TPSA) is 83.9 Å². The Hall–Kier alpha value is -3.93. The molecule has 2 aliphatic rings. The summed E-state index contributed by atoms with van der Waals surface area (Å²) in [5.41, 5.74) is 1.63. The summed E-state index contributed by atoms with van der Waals surface area (Å²) < 4.78 is 42.4. The summed E-state index contributed by atoms with van der Waals surface area (Å²) >= 11 is 6.45. The van der Waals surface area contributed by atoms with Crippen LogP contribution in [-0.2, 0) is 24.6 Å². The number of alkyl halides is 3. The van der Waals surface area contributed by atoms with Gasteiger partial charge >= 0.3 is 6.18 Å². The Morgan fingerprint density at radius 1 is 1.21 bits per heavy atom. The van der Waals surface area contributed by atoms with E-state index in [4.69, 9.17) is 16.6 Å². The third-order valence-electron chi connectivity index (χ3n) is 6.80. The smallest absolute Gasteiger partial charge is 0.341 e. The first-order valence-corrected chi connectivity index (χ1v) is 12.6. The van der Waals surface area contributed by atoms with Gasteiger partial charge in [0.05, 0.1) is 29.5 Å². The molecule has 0 unspecified atom stereocenters. The van der Waals surface area contributed by atoms with Gasteiger partial charge in [-0.2, -0.15) is 18.3 Å². The minimum Gasteiger partial charge on any atom is -0.341 e. The van der Waals surface area contributed by atoms with Crippen LogP contribution in [0, 0.1) is 0 Å². The maximum absolute atomic E-state index is 13.1. The molecule has 1 saturated carbocycles. The van der Waals surface area contributed by atoms with Crippen molar-refractivity contribution in [2.75, 3.05) is 13.6 Å². The van der Waals surface area contributed by atoms with Crippen molar-refractivity contribution >= 4 is 30.1 Å². The van der Waals surface area contributed by atoms with Gasteiger partial charge in [-0.25, -0.2) is 15.0 Å². The van der Waals surface area contributed by atoms with E-state index in [1.54, 1.807) is 44.4 Å². The number of amidine groups is 1. The third-order valence-corrected chi connectivity index (χ3v) is 7.07. The summed E-state index contributed by atoms with van der Waals surface area (Å²) in [7, 11) is 3.20. The fourth-order valence-corrected chi connectivity index (χ4v) is 4.67. The number of likely N-dealkylation sites (N-methyl/N-ethyl adjacent to an activating group) is 1. The number of rotatable bonds is 6. The molecule has 1 amide bonds. The number of carbonyl (C=O) groups excluding carboxylic acids is 1. The Morgan fingerprint density at radius 2 is 1.90 bits per heavy atom. The number of imidazole rings is 1. The van der Waals surface area contributed by atoms with Gasteiger partial charge in [-0.3, -0.25) is 9.48 Å². The number of hydrogen-bond acceptors (Lipinski definition) is 5. The van der Waals surface area contributed by atoms with Crippen LogP contribution in [0.3, 0.4) is 0 Å². The zero-order valence-corrected chi connectivity index (χ0v) is 22.3. The van der Waals surface area contributed by atoms with E-state index in [0.29, 0.717) is 40.2 Å². The largest absolute Gasteiger partial charge is 0.434 e. The van der Waals surface area contributed by atoms with Gasteiger partial charge in [-0.1, -0.05) is 35.9 Å². The third kappa shape index (κ3) is 5.20. The molecule has 1 aromatic carbocycles. The Labute approximate surface area is 227 Å². The summed E-state index contributed by atoms with van der Waals surface area (Å²) in [6.45, 7) is 5.89. The molecule has 0 bridgehead atoms. The normalized spacial score (nSPS) is 16.9. The van der Waals surface area contributed by atoms with Gasteiger partial charge in [-0.15, -0.1) is 0 Å². The number of nitrogens with zero attached hydrogens (tertiary/aromatic N) is 8. The van der Waals surface area contributed by atoms with Gasteiger partial charge in [0.25, 0.3) is 0 Å². The Morgan fingerprint density at radius 3 is 2.49 bits per heavy atom. The fourth-order valence-electron chi connectivity index (χ4n) is 4.45. The Kier molecular flexibility index (Phi) is 6.83.